The molecule has 1 aliphatic rings. The molecule has 32 heavy (non-hydrogen) atoms. The van der Waals surface area contributed by atoms with Crippen molar-refractivity contribution in [2.75, 3.05) is 11.9 Å². The molecule has 5 nitrogen and oxygen atoms in total. The summed E-state index contributed by atoms with van der Waals surface area (Å²) < 4.78 is 0. The summed E-state index contributed by atoms with van der Waals surface area (Å²) >= 11 is 1.34. The molecule has 2 amide bonds. The van der Waals surface area contributed by atoms with E-state index in [1.165, 1.54) is 22.9 Å². The molecule has 1 fully saturated rings. The fourth-order valence-electron chi connectivity index (χ4n) is 3.40. The van der Waals surface area contributed by atoms with E-state index in [0.29, 0.717) is 23.5 Å². The van der Waals surface area contributed by atoms with Crippen molar-refractivity contribution in [3.8, 4) is 0 Å². The molecule has 0 unspecified atom stereocenters. The van der Waals surface area contributed by atoms with Crippen LogP contribution in [0, 0.1) is 0 Å². The summed E-state index contributed by atoms with van der Waals surface area (Å²) in [6.45, 7) is 12.7. The number of hydrogen-bond donors (Lipinski definition) is 1. The Kier molecular flexibility index (Phi) is 7.91. The largest absolute Gasteiger partial charge is 0.326 e. The summed E-state index contributed by atoms with van der Waals surface area (Å²) in [6.07, 6.45) is 1.77. The van der Waals surface area contributed by atoms with Crippen molar-refractivity contribution in [2.45, 2.75) is 51.2 Å². The lowest BCUT2D eigenvalue weighted by Gasteiger charge is -2.14. The first-order chi connectivity index (χ1) is 15.3. The Labute approximate surface area is 195 Å². The van der Waals surface area contributed by atoms with E-state index in [4.69, 9.17) is 0 Å². The van der Waals surface area contributed by atoms with E-state index in [1.807, 2.05) is 36.4 Å². The molecule has 0 spiro atoms. The highest BCUT2D eigenvalue weighted by Gasteiger charge is 2.38. The normalized spacial score (nSPS) is 17.4. The smallest absolute Gasteiger partial charge is 0.242 e. The van der Waals surface area contributed by atoms with Crippen LogP contribution < -0.4 is 5.32 Å². The summed E-state index contributed by atoms with van der Waals surface area (Å²) in [5.41, 5.74) is 3.97. The quantitative estimate of drug-likeness (QED) is 0.497. The number of benzene rings is 2. The van der Waals surface area contributed by atoms with Crippen LogP contribution in [0.1, 0.15) is 57.1 Å². The Morgan fingerprint density at radius 3 is 2.16 bits per heavy atom. The van der Waals surface area contributed by atoms with E-state index in [1.54, 1.807) is 11.0 Å². The molecule has 0 bridgehead atoms. The van der Waals surface area contributed by atoms with Gasteiger partial charge in [-0.1, -0.05) is 69.8 Å². The summed E-state index contributed by atoms with van der Waals surface area (Å²) in [4.78, 5) is 31.8. The van der Waals surface area contributed by atoms with Crippen molar-refractivity contribution in [1.29, 1.82) is 0 Å². The summed E-state index contributed by atoms with van der Waals surface area (Å²) in [6, 6.07) is 15.8. The van der Waals surface area contributed by atoms with Crippen LogP contribution in [-0.2, 0) is 9.59 Å². The van der Waals surface area contributed by atoms with Gasteiger partial charge in [0.1, 0.15) is 5.25 Å². The van der Waals surface area contributed by atoms with Crippen molar-refractivity contribution in [3.63, 3.8) is 0 Å². The van der Waals surface area contributed by atoms with Gasteiger partial charge in [-0.25, -0.2) is 4.99 Å². The van der Waals surface area contributed by atoms with Gasteiger partial charge in [-0.2, -0.15) is 0 Å². The third kappa shape index (κ3) is 5.88. The summed E-state index contributed by atoms with van der Waals surface area (Å²) in [5.74, 6) is 0.579. The van der Waals surface area contributed by atoms with Crippen molar-refractivity contribution in [1.82, 2.24) is 4.90 Å². The highest BCUT2D eigenvalue weighted by atomic mass is 32.2. The molecule has 3 rings (SSSR count). The first-order valence-corrected chi connectivity index (χ1v) is 11.8. The van der Waals surface area contributed by atoms with Gasteiger partial charge in [-0.05, 0) is 47.2 Å². The minimum Gasteiger partial charge on any atom is -0.326 e. The van der Waals surface area contributed by atoms with Gasteiger partial charge in [0.25, 0.3) is 0 Å². The highest BCUT2D eigenvalue weighted by Crippen LogP contribution is 2.32. The number of aliphatic imine (C=N–C) groups is 1. The van der Waals surface area contributed by atoms with Crippen LogP contribution in [0.2, 0.25) is 0 Å². The van der Waals surface area contributed by atoms with Crippen LogP contribution >= 0.6 is 11.8 Å². The fourth-order valence-corrected chi connectivity index (χ4v) is 4.57. The number of nitrogens with one attached hydrogen (secondary N) is 1. The van der Waals surface area contributed by atoms with Gasteiger partial charge in [0.15, 0.2) is 5.17 Å². The summed E-state index contributed by atoms with van der Waals surface area (Å²) in [5, 5.41) is 3.00. The Morgan fingerprint density at radius 2 is 1.62 bits per heavy atom. The number of amides is 2. The molecule has 0 aliphatic carbocycles. The second-order valence-electron chi connectivity index (χ2n) is 8.51. The van der Waals surface area contributed by atoms with Gasteiger partial charge in [0.05, 0.1) is 5.69 Å². The van der Waals surface area contributed by atoms with Crippen LogP contribution in [0.4, 0.5) is 11.4 Å². The fraction of sp³-hybridized carbons (Fsp3) is 0.346. The van der Waals surface area contributed by atoms with E-state index in [9.17, 15) is 9.59 Å². The van der Waals surface area contributed by atoms with Gasteiger partial charge in [0, 0.05) is 18.7 Å². The Balaban J connectivity index is 1.70. The number of thioether (sulfide) groups is 1. The Morgan fingerprint density at radius 1 is 1.06 bits per heavy atom. The number of rotatable bonds is 8. The maximum Gasteiger partial charge on any atom is 0.242 e. The number of amidine groups is 1. The van der Waals surface area contributed by atoms with E-state index in [2.05, 4.69) is 56.7 Å². The van der Waals surface area contributed by atoms with E-state index in [0.717, 1.165) is 11.4 Å². The third-order valence-corrected chi connectivity index (χ3v) is 6.52. The third-order valence-electron chi connectivity index (χ3n) is 5.35. The standard InChI is InChI=1S/C26H31N3O2S/c1-6-15-29-25(31)23(16-24(30)27-21-11-7-19(8-12-21)17(2)3)32-26(29)28-22-13-9-20(10-14-22)18(4)5/h6-14,17-18,23H,1,15-16H2,2-5H3,(H,27,30)/t23-/m0/s1. The molecule has 168 valence electrons. The zero-order chi connectivity index (χ0) is 23.3. The van der Waals surface area contributed by atoms with Crippen molar-refractivity contribution in [2.24, 2.45) is 4.99 Å². The maximum atomic E-state index is 12.9. The van der Waals surface area contributed by atoms with Crippen LogP contribution in [0.3, 0.4) is 0 Å². The number of anilines is 1. The first kappa shape index (κ1) is 23.8. The molecular formula is C26H31N3O2S. The topological polar surface area (TPSA) is 61.8 Å². The van der Waals surface area contributed by atoms with Gasteiger partial charge >= 0.3 is 0 Å². The number of carbonyl (C=O) groups excluding carboxylic acids is 2. The lowest BCUT2D eigenvalue weighted by atomic mass is 10.0. The van der Waals surface area contributed by atoms with Crippen LogP contribution in [-0.4, -0.2) is 33.7 Å². The average Bonchev–Trinajstić information content (AvgIpc) is 3.03. The molecule has 0 saturated carbocycles. The molecule has 1 atom stereocenters. The van der Waals surface area contributed by atoms with Crippen LogP contribution in [0.15, 0.2) is 66.2 Å². The lowest BCUT2D eigenvalue weighted by Crippen LogP contribution is -2.33. The van der Waals surface area contributed by atoms with Gasteiger partial charge in [0.2, 0.25) is 11.8 Å². The number of carbonyl (C=O) groups is 2. The molecule has 6 heteroatoms. The van der Waals surface area contributed by atoms with E-state index >= 15 is 0 Å². The predicted octanol–water partition coefficient (Wildman–Crippen LogP) is 6.08. The summed E-state index contributed by atoms with van der Waals surface area (Å²) in [7, 11) is 0. The van der Waals surface area contributed by atoms with Gasteiger partial charge < -0.3 is 5.32 Å². The minimum absolute atomic E-state index is 0.0916. The second-order valence-corrected chi connectivity index (χ2v) is 9.68. The number of nitrogens with zero attached hydrogens (tertiary/aromatic N) is 2. The predicted molar refractivity (Wildman–Crippen MR) is 135 cm³/mol. The Hall–Kier alpha value is -2.86. The zero-order valence-corrected chi connectivity index (χ0v) is 20.0. The SMILES string of the molecule is C=CCN1C(=O)[C@H](CC(=O)Nc2ccc(C(C)C)cc2)SC1=Nc1ccc(C(C)C)cc1. The van der Waals surface area contributed by atoms with Gasteiger partial charge in [-0.15, -0.1) is 6.58 Å². The lowest BCUT2D eigenvalue weighted by molar-refractivity contribution is -0.127. The molecule has 2 aromatic carbocycles. The average molecular weight is 450 g/mol. The highest BCUT2D eigenvalue weighted by molar-refractivity contribution is 8.15. The van der Waals surface area contributed by atoms with Crippen LogP contribution in [0.25, 0.3) is 0 Å². The molecule has 1 saturated heterocycles. The van der Waals surface area contributed by atoms with E-state index in [-0.39, 0.29) is 18.2 Å². The maximum absolute atomic E-state index is 12.9. The molecule has 0 radical (unpaired) electrons. The number of hydrogen-bond acceptors (Lipinski definition) is 4. The minimum atomic E-state index is -0.501. The Bertz CT molecular complexity index is 995. The zero-order valence-electron chi connectivity index (χ0n) is 19.2. The molecule has 2 aromatic rings. The molecule has 1 heterocycles. The second kappa shape index (κ2) is 10.6. The molecule has 1 N–H and O–H groups in total. The van der Waals surface area contributed by atoms with Crippen molar-refractivity contribution >= 4 is 40.1 Å². The van der Waals surface area contributed by atoms with Gasteiger partial charge in [-0.3, -0.25) is 14.5 Å². The monoisotopic (exact) mass is 449 g/mol. The molecule has 0 aromatic heterocycles. The van der Waals surface area contributed by atoms with Crippen molar-refractivity contribution < 1.29 is 9.59 Å². The van der Waals surface area contributed by atoms with Crippen molar-refractivity contribution in [3.05, 3.63) is 72.3 Å². The van der Waals surface area contributed by atoms with Crippen LogP contribution in [0.5, 0.6) is 0 Å². The molecular weight excluding hydrogens is 418 g/mol. The molecule has 1 aliphatic heterocycles. The van der Waals surface area contributed by atoms with E-state index < -0.39 is 5.25 Å². The first-order valence-electron chi connectivity index (χ1n) is 11.0.